The van der Waals surface area contributed by atoms with Crippen LogP contribution in [-0.4, -0.2) is 48.3 Å². The smallest absolute Gasteiger partial charge is 0.309 e. The molecule has 0 saturated carbocycles. The fourth-order valence-electron chi connectivity index (χ4n) is 3.09. The summed E-state index contributed by atoms with van der Waals surface area (Å²) in [6.45, 7) is 5.59. The molecule has 2 aliphatic heterocycles. The maximum absolute atomic E-state index is 11.4. The molecule has 0 radical (unpaired) electrons. The first-order chi connectivity index (χ1) is 8.18. The molecule has 0 amide bonds. The molecule has 0 aromatic heterocycles. The molecule has 2 rings (SSSR count). The third kappa shape index (κ3) is 2.63. The molecule has 2 saturated heterocycles. The van der Waals surface area contributed by atoms with Crippen LogP contribution in [0.25, 0.3) is 0 Å². The van der Waals surface area contributed by atoms with Crippen molar-refractivity contribution in [2.24, 2.45) is 5.41 Å². The van der Waals surface area contributed by atoms with Crippen LogP contribution < -0.4 is 0 Å². The van der Waals surface area contributed by atoms with Gasteiger partial charge in [-0.25, -0.2) is 0 Å². The van der Waals surface area contributed by atoms with E-state index in [0.29, 0.717) is 6.04 Å². The minimum Gasteiger partial charge on any atom is -0.481 e. The first kappa shape index (κ1) is 12.8. The molecule has 2 heterocycles. The van der Waals surface area contributed by atoms with Gasteiger partial charge in [0.1, 0.15) is 0 Å². The van der Waals surface area contributed by atoms with Crippen molar-refractivity contribution in [3.05, 3.63) is 0 Å². The van der Waals surface area contributed by atoms with Gasteiger partial charge >= 0.3 is 5.97 Å². The lowest BCUT2D eigenvalue weighted by Crippen LogP contribution is -2.49. The Bertz CT molecular complexity index is 266. The van der Waals surface area contributed by atoms with Crippen molar-refractivity contribution in [1.29, 1.82) is 0 Å². The molecule has 4 nitrogen and oxygen atoms in total. The normalized spacial score (nSPS) is 26.9. The maximum atomic E-state index is 11.4. The zero-order chi connectivity index (χ0) is 12.3. The highest BCUT2D eigenvalue weighted by Crippen LogP contribution is 2.36. The Labute approximate surface area is 103 Å². The fraction of sp³-hybridized carbons (Fsp3) is 0.923. The second-order valence-electron chi connectivity index (χ2n) is 5.32. The quantitative estimate of drug-likeness (QED) is 0.817. The van der Waals surface area contributed by atoms with Crippen LogP contribution in [-0.2, 0) is 9.53 Å². The zero-order valence-electron chi connectivity index (χ0n) is 10.7. The molecule has 2 aliphatic rings. The van der Waals surface area contributed by atoms with Crippen LogP contribution in [0.1, 0.15) is 39.0 Å². The van der Waals surface area contributed by atoms with Gasteiger partial charge in [0.05, 0.1) is 5.41 Å². The molecule has 4 heteroatoms. The van der Waals surface area contributed by atoms with E-state index >= 15 is 0 Å². The fourth-order valence-corrected chi connectivity index (χ4v) is 3.09. The Hall–Kier alpha value is -0.610. The van der Waals surface area contributed by atoms with Gasteiger partial charge in [0.25, 0.3) is 0 Å². The number of rotatable bonds is 3. The summed E-state index contributed by atoms with van der Waals surface area (Å²) in [7, 11) is 0. The summed E-state index contributed by atoms with van der Waals surface area (Å²) >= 11 is 0. The van der Waals surface area contributed by atoms with E-state index in [-0.39, 0.29) is 0 Å². The predicted octanol–water partition coefficient (Wildman–Crippen LogP) is 1.74. The number of likely N-dealkylation sites (tertiary alicyclic amines) is 1. The summed E-state index contributed by atoms with van der Waals surface area (Å²) in [4.78, 5) is 13.8. The van der Waals surface area contributed by atoms with Crippen LogP contribution in [0, 0.1) is 5.41 Å². The summed E-state index contributed by atoms with van der Waals surface area (Å²) in [5, 5.41) is 9.35. The summed E-state index contributed by atoms with van der Waals surface area (Å²) in [5.74, 6) is -0.605. The number of ether oxygens (including phenoxy) is 1. The summed E-state index contributed by atoms with van der Waals surface area (Å²) in [6, 6.07) is 0.618. The highest BCUT2D eigenvalue weighted by molar-refractivity contribution is 5.74. The van der Waals surface area contributed by atoms with Gasteiger partial charge in [-0.1, -0.05) is 6.92 Å². The number of aliphatic carboxylic acids is 1. The van der Waals surface area contributed by atoms with Crippen molar-refractivity contribution in [2.75, 3.05) is 26.3 Å². The van der Waals surface area contributed by atoms with E-state index in [1.54, 1.807) is 0 Å². The number of carbonyl (C=O) groups is 1. The Morgan fingerprint density at radius 2 is 1.94 bits per heavy atom. The third-order valence-electron chi connectivity index (χ3n) is 4.59. The summed E-state index contributed by atoms with van der Waals surface area (Å²) in [6.07, 6.45) is 4.56. The van der Waals surface area contributed by atoms with Crippen LogP contribution in [0.15, 0.2) is 0 Å². The van der Waals surface area contributed by atoms with Gasteiger partial charge < -0.3 is 14.7 Å². The van der Waals surface area contributed by atoms with E-state index in [1.807, 2.05) is 6.92 Å². The lowest BCUT2D eigenvalue weighted by molar-refractivity contribution is -0.153. The lowest BCUT2D eigenvalue weighted by atomic mass is 9.76. The number of nitrogens with zero attached hydrogens (tertiary/aromatic N) is 1. The lowest BCUT2D eigenvalue weighted by Gasteiger charge is -2.42. The second-order valence-corrected chi connectivity index (χ2v) is 5.32. The van der Waals surface area contributed by atoms with Crippen LogP contribution in [0.5, 0.6) is 0 Å². The predicted molar refractivity (Wildman–Crippen MR) is 65.0 cm³/mol. The molecular formula is C13H23NO3. The molecule has 98 valence electrons. The SMILES string of the molecule is CCC1(C(=O)O)CCN(C2CCOCC2)CC1. The Morgan fingerprint density at radius 3 is 2.41 bits per heavy atom. The standard InChI is InChI=1S/C13H23NO3/c1-2-13(12(15)16)5-7-14(8-6-13)11-3-9-17-10-4-11/h11H,2-10H2,1H3,(H,15,16). The number of carboxylic acids is 1. The molecule has 0 aromatic rings. The van der Waals surface area contributed by atoms with Gasteiger partial charge in [0.15, 0.2) is 0 Å². The second kappa shape index (κ2) is 5.36. The van der Waals surface area contributed by atoms with Crippen LogP contribution in [0.2, 0.25) is 0 Å². The van der Waals surface area contributed by atoms with Crippen molar-refractivity contribution in [3.63, 3.8) is 0 Å². The molecule has 17 heavy (non-hydrogen) atoms. The average Bonchev–Trinajstić information content (AvgIpc) is 2.39. The largest absolute Gasteiger partial charge is 0.481 e. The number of carboxylic acid groups (broad SMARTS) is 1. The molecule has 1 N–H and O–H groups in total. The van der Waals surface area contributed by atoms with Gasteiger partial charge in [-0.15, -0.1) is 0 Å². The average molecular weight is 241 g/mol. The topological polar surface area (TPSA) is 49.8 Å². The molecule has 0 spiro atoms. The monoisotopic (exact) mass is 241 g/mol. The maximum Gasteiger partial charge on any atom is 0.309 e. The minimum absolute atomic E-state index is 0.457. The third-order valence-corrected chi connectivity index (χ3v) is 4.59. The highest BCUT2D eigenvalue weighted by Gasteiger charge is 2.41. The molecule has 0 unspecified atom stereocenters. The van der Waals surface area contributed by atoms with Crippen LogP contribution in [0.3, 0.4) is 0 Å². The van der Waals surface area contributed by atoms with Crippen molar-refractivity contribution in [3.8, 4) is 0 Å². The molecule has 0 bridgehead atoms. The number of piperidine rings is 1. The van der Waals surface area contributed by atoms with E-state index in [0.717, 1.165) is 58.4 Å². The first-order valence-electron chi connectivity index (χ1n) is 6.73. The van der Waals surface area contributed by atoms with Gasteiger partial charge in [-0.05, 0) is 45.2 Å². The highest BCUT2D eigenvalue weighted by atomic mass is 16.5. The van der Waals surface area contributed by atoms with E-state index in [2.05, 4.69) is 4.90 Å². The number of hydrogen-bond donors (Lipinski definition) is 1. The Balaban J connectivity index is 1.90. The van der Waals surface area contributed by atoms with E-state index in [4.69, 9.17) is 4.74 Å². The summed E-state index contributed by atoms with van der Waals surface area (Å²) in [5.41, 5.74) is -0.457. The molecule has 0 atom stereocenters. The first-order valence-corrected chi connectivity index (χ1v) is 6.73. The number of hydrogen-bond acceptors (Lipinski definition) is 3. The summed E-state index contributed by atoms with van der Waals surface area (Å²) < 4.78 is 5.37. The molecular weight excluding hydrogens is 218 g/mol. The van der Waals surface area contributed by atoms with Crippen molar-refractivity contribution >= 4 is 5.97 Å². The van der Waals surface area contributed by atoms with Gasteiger partial charge in [0.2, 0.25) is 0 Å². The van der Waals surface area contributed by atoms with E-state index in [1.165, 1.54) is 0 Å². The zero-order valence-corrected chi connectivity index (χ0v) is 10.7. The van der Waals surface area contributed by atoms with E-state index in [9.17, 15) is 9.90 Å². The van der Waals surface area contributed by atoms with E-state index < -0.39 is 11.4 Å². The van der Waals surface area contributed by atoms with Crippen molar-refractivity contribution in [1.82, 2.24) is 4.90 Å². The molecule has 0 aromatic carbocycles. The van der Waals surface area contributed by atoms with Gasteiger partial charge in [0, 0.05) is 19.3 Å². The van der Waals surface area contributed by atoms with Crippen LogP contribution >= 0.6 is 0 Å². The molecule has 2 fully saturated rings. The Morgan fingerprint density at radius 1 is 1.35 bits per heavy atom. The molecule has 0 aliphatic carbocycles. The van der Waals surface area contributed by atoms with Crippen molar-refractivity contribution < 1.29 is 14.6 Å². The van der Waals surface area contributed by atoms with Gasteiger partial charge in [-0.2, -0.15) is 0 Å². The van der Waals surface area contributed by atoms with Gasteiger partial charge in [-0.3, -0.25) is 4.79 Å². The van der Waals surface area contributed by atoms with Crippen molar-refractivity contribution in [2.45, 2.75) is 45.1 Å². The minimum atomic E-state index is -0.605. The van der Waals surface area contributed by atoms with Crippen LogP contribution in [0.4, 0.5) is 0 Å². The Kier molecular flexibility index (Phi) is 4.05.